The number of aromatic amines is 1. The summed E-state index contributed by atoms with van der Waals surface area (Å²) in [5, 5.41) is 1.02. The van der Waals surface area contributed by atoms with Gasteiger partial charge in [0.2, 0.25) is 0 Å². The maximum Gasteiger partial charge on any atom is 0.291 e. The van der Waals surface area contributed by atoms with E-state index in [1.54, 1.807) is 7.05 Å². The van der Waals surface area contributed by atoms with Crippen LogP contribution < -0.4 is 22.1 Å². The SMILES string of the molecule is CNN(N)n1cnc2c(=O)[nH]c(F)nc21. The molecule has 2 aromatic heterocycles. The number of rotatable bonds is 2. The molecule has 80 valence electrons. The van der Waals surface area contributed by atoms with Gasteiger partial charge in [-0.3, -0.25) is 9.78 Å². The molecule has 0 fully saturated rings. The summed E-state index contributed by atoms with van der Waals surface area (Å²) < 4.78 is 14.0. The Morgan fingerprint density at radius 3 is 3.13 bits per heavy atom. The maximum absolute atomic E-state index is 12.8. The molecule has 0 spiro atoms. The number of halogens is 1. The molecule has 4 N–H and O–H groups in total. The molecule has 0 radical (unpaired) electrons. The van der Waals surface area contributed by atoms with Crippen LogP contribution in [0.5, 0.6) is 0 Å². The third-order valence-electron chi connectivity index (χ3n) is 1.82. The Morgan fingerprint density at radius 2 is 2.47 bits per heavy atom. The van der Waals surface area contributed by atoms with Crippen molar-refractivity contribution in [2.75, 3.05) is 12.3 Å². The van der Waals surface area contributed by atoms with Gasteiger partial charge in [0, 0.05) is 7.05 Å². The van der Waals surface area contributed by atoms with E-state index in [1.807, 2.05) is 4.98 Å². The number of nitrogens with one attached hydrogen (secondary N) is 2. The van der Waals surface area contributed by atoms with E-state index in [0.717, 1.165) is 5.23 Å². The van der Waals surface area contributed by atoms with Gasteiger partial charge in [0.25, 0.3) is 11.6 Å². The van der Waals surface area contributed by atoms with Crippen LogP contribution in [0.25, 0.3) is 11.2 Å². The van der Waals surface area contributed by atoms with Crippen LogP contribution in [0.3, 0.4) is 0 Å². The number of nitrogens with two attached hydrogens (primary N) is 1. The third-order valence-corrected chi connectivity index (χ3v) is 1.82. The highest BCUT2D eigenvalue weighted by molar-refractivity contribution is 5.69. The lowest BCUT2D eigenvalue weighted by Crippen LogP contribution is -2.49. The lowest BCUT2D eigenvalue weighted by molar-refractivity contribution is 0.521. The van der Waals surface area contributed by atoms with Crippen molar-refractivity contribution in [2.45, 2.75) is 0 Å². The molecular weight excluding hydrogens is 205 g/mol. The maximum atomic E-state index is 12.8. The van der Waals surface area contributed by atoms with Crippen molar-refractivity contribution in [1.82, 2.24) is 25.1 Å². The molecule has 0 atom stereocenters. The zero-order valence-corrected chi connectivity index (χ0v) is 7.73. The Hall–Kier alpha value is -2.00. The quantitative estimate of drug-likeness (QED) is 0.309. The summed E-state index contributed by atoms with van der Waals surface area (Å²) in [4.78, 5) is 20.4. The molecule has 9 heteroatoms. The van der Waals surface area contributed by atoms with Gasteiger partial charge >= 0.3 is 0 Å². The molecule has 8 nitrogen and oxygen atoms in total. The molecular formula is C6H8FN7O. The van der Waals surface area contributed by atoms with Crippen LogP contribution in [0.4, 0.5) is 4.39 Å². The molecule has 0 saturated carbocycles. The molecule has 0 aromatic carbocycles. The molecule has 2 aromatic rings. The van der Waals surface area contributed by atoms with Gasteiger partial charge in [0.15, 0.2) is 11.2 Å². The number of hydrogen-bond acceptors (Lipinski definition) is 6. The lowest BCUT2D eigenvalue weighted by atomic mass is 10.5. The second-order valence-electron chi connectivity index (χ2n) is 2.69. The second-order valence-corrected chi connectivity index (χ2v) is 2.69. The fraction of sp³-hybridized carbons (Fsp3) is 0.167. The summed E-state index contributed by atoms with van der Waals surface area (Å²) in [5.74, 6) is 5.48. The smallest absolute Gasteiger partial charge is 0.281 e. The van der Waals surface area contributed by atoms with Crippen molar-refractivity contribution in [3.63, 3.8) is 0 Å². The van der Waals surface area contributed by atoms with Gasteiger partial charge in [-0.2, -0.15) is 19.3 Å². The first kappa shape index (κ1) is 9.55. The van der Waals surface area contributed by atoms with E-state index in [9.17, 15) is 9.18 Å². The van der Waals surface area contributed by atoms with Crippen molar-refractivity contribution in [3.05, 3.63) is 22.8 Å². The summed E-state index contributed by atoms with van der Waals surface area (Å²) >= 11 is 0. The van der Waals surface area contributed by atoms with Crippen molar-refractivity contribution in [3.8, 4) is 0 Å². The van der Waals surface area contributed by atoms with E-state index in [1.165, 1.54) is 11.0 Å². The topological polar surface area (TPSA) is 105 Å². The van der Waals surface area contributed by atoms with E-state index in [2.05, 4.69) is 15.4 Å². The van der Waals surface area contributed by atoms with Crippen molar-refractivity contribution < 1.29 is 4.39 Å². The number of hydrazine groups is 2. The zero-order chi connectivity index (χ0) is 11.0. The Bertz CT molecular complexity index is 546. The number of hydrogen-bond donors (Lipinski definition) is 3. The molecule has 2 rings (SSSR count). The molecule has 0 aliphatic carbocycles. The number of imidazole rings is 1. The molecule has 0 amide bonds. The van der Waals surface area contributed by atoms with Crippen LogP contribution in [0.1, 0.15) is 0 Å². The Balaban J connectivity index is 2.74. The largest absolute Gasteiger partial charge is 0.291 e. The number of H-pyrrole nitrogens is 1. The van der Waals surface area contributed by atoms with Crippen LogP contribution >= 0.6 is 0 Å². The molecule has 0 bridgehead atoms. The first-order chi connectivity index (χ1) is 7.13. The standard InChI is InChI=1S/C6H8FN7O/c1-9-14(8)13-2-10-3-4(13)11-6(7)12-5(3)15/h2,9H,8H2,1H3,(H,11,12,15). The van der Waals surface area contributed by atoms with E-state index >= 15 is 0 Å². The molecule has 15 heavy (non-hydrogen) atoms. The molecule has 0 unspecified atom stereocenters. The van der Waals surface area contributed by atoms with Gasteiger partial charge in [-0.1, -0.05) is 0 Å². The predicted molar refractivity (Wildman–Crippen MR) is 49.6 cm³/mol. The highest BCUT2D eigenvalue weighted by Crippen LogP contribution is 2.03. The van der Waals surface area contributed by atoms with Gasteiger partial charge < -0.3 is 0 Å². The monoisotopic (exact) mass is 213 g/mol. The highest BCUT2D eigenvalue weighted by atomic mass is 19.1. The predicted octanol–water partition coefficient (Wildman–Crippen LogP) is -1.80. The minimum absolute atomic E-state index is 0.0158. The number of nitrogens with zero attached hydrogens (tertiary/aromatic N) is 4. The molecule has 0 aliphatic heterocycles. The van der Waals surface area contributed by atoms with Crippen LogP contribution in [-0.2, 0) is 0 Å². The first-order valence-electron chi connectivity index (χ1n) is 3.99. The van der Waals surface area contributed by atoms with E-state index in [4.69, 9.17) is 5.84 Å². The summed E-state index contributed by atoms with van der Waals surface area (Å²) in [6.45, 7) is 0. The lowest BCUT2D eigenvalue weighted by Gasteiger charge is -2.16. The van der Waals surface area contributed by atoms with Crippen LogP contribution in [-0.4, -0.2) is 26.7 Å². The van der Waals surface area contributed by atoms with Crippen LogP contribution in [0.15, 0.2) is 11.1 Å². The fourth-order valence-corrected chi connectivity index (χ4v) is 1.14. The summed E-state index contributed by atoms with van der Waals surface area (Å²) in [7, 11) is 1.55. The van der Waals surface area contributed by atoms with E-state index < -0.39 is 11.6 Å². The molecule has 0 aliphatic rings. The van der Waals surface area contributed by atoms with Gasteiger partial charge in [-0.15, -0.1) is 0 Å². The van der Waals surface area contributed by atoms with Crippen LogP contribution in [0, 0.1) is 6.08 Å². The first-order valence-corrected chi connectivity index (χ1v) is 3.99. The Kier molecular flexibility index (Phi) is 2.10. The van der Waals surface area contributed by atoms with Gasteiger partial charge in [0.1, 0.15) is 6.33 Å². The average Bonchev–Trinajstić information content (AvgIpc) is 2.60. The van der Waals surface area contributed by atoms with Crippen molar-refractivity contribution in [2.24, 2.45) is 5.84 Å². The van der Waals surface area contributed by atoms with Gasteiger partial charge in [-0.05, 0) is 0 Å². The Morgan fingerprint density at radius 1 is 1.73 bits per heavy atom. The van der Waals surface area contributed by atoms with E-state index in [0.29, 0.717) is 0 Å². The summed E-state index contributed by atoms with van der Waals surface area (Å²) in [5.41, 5.74) is 1.96. The Labute approximate surface area is 82.4 Å². The fourth-order valence-electron chi connectivity index (χ4n) is 1.14. The molecule has 0 saturated heterocycles. The number of fused-ring (bicyclic) bond motifs is 1. The third kappa shape index (κ3) is 1.43. The minimum Gasteiger partial charge on any atom is -0.281 e. The molecule has 2 heterocycles. The minimum atomic E-state index is -0.987. The zero-order valence-electron chi connectivity index (χ0n) is 7.73. The van der Waals surface area contributed by atoms with Crippen molar-refractivity contribution >= 4 is 11.2 Å². The van der Waals surface area contributed by atoms with Gasteiger partial charge in [0.05, 0.1) is 0 Å². The summed E-state index contributed by atoms with van der Waals surface area (Å²) in [6, 6.07) is 0. The van der Waals surface area contributed by atoms with E-state index in [-0.39, 0.29) is 11.2 Å². The van der Waals surface area contributed by atoms with Crippen molar-refractivity contribution in [1.29, 1.82) is 0 Å². The normalized spacial score (nSPS) is 10.9. The second kappa shape index (κ2) is 3.29. The van der Waals surface area contributed by atoms with Gasteiger partial charge in [-0.25, -0.2) is 16.3 Å². The average molecular weight is 213 g/mol. The summed E-state index contributed by atoms with van der Waals surface area (Å²) in [6.07, 6.45) is 0.266. The number of aromatic nitrogens is 4. The highest BCUT2D eigenvalue weighted by Gasteiger charge is 2.11. The van der Waals surface area contributed by atoms with Crippen LogP contribution in [0.2, 0.25) is 0 Å².